The Labute approximate surface area is 204 Å². The van der Waals surface area contributed by atoms with Gasteiger partial charge in [0.25, 0.3) is 0 Å². The Balaban J connectivity index is 1.59. The summed E-state index contributed by atoms with van der Waals surface area (Å²) in [6.45, 7) is 7.87. The summed E-state index contributed by atoms with van der Waals surface area (Å²) in [6, 6.07) is 0. The lowest BCUT2D eigenvalue weighted by Crippen LogP contribution is -2.59. The molecule has 4 fully saturated rings. The molecule has 0 bridgehead atoms. The van der Waals surface area contributed by atoms with Crippen molar-refractivity contribution < 1.29 is 24.2 Å². The van der Waals surface area contributed by atoms with Crippen LogP contribution in [0.25, 0.3) is 0 Å². The summed E-state index contributed by atoms with van der Waals surface area (Å²) in [5.74, 6) is 3.10. The van der Waals surface area contributed by atoms with Gasteiger partial charge in [0.1, 0.15) is 18.8 Å². The molecule has 0 amide bonds. The van der Waals surface area contributed by atoms with Gasteiger partial charge in [0.05, 0.1) is 12.2 Å². The zero-order valence-corrected chi connectivity index (χ0v) is 21.9. The van der Waals surface area contributed by atoms with E-state index in [0.717, 1.165) is 31.6 Å². The molecule has 4 rings (SSSR count). The van der Waals surface area contributed by atoms with Crippen LogP contribution in [0.4, 0.5) is 0 Å². The van der Waals surface area contributed by atoms with E-state index in [2.05, 4.69) is 25.9 Å². The molecule has 1 N–H and O–H groups in total. The van der Waals surface area contributed by atoms with Crippen LogP contribution in [0.2, 0.25) is 0 Å². The number of fused-ring (bicyclic) bond motifs is 5. The van der Waals surface area contributed by atoms with Gasteiger partial charge in [-0.1, -0.05) is 37.5 Å². The van der Waals surface area contributed by atoms with Crippen LogP contribution in [-0.2, 0) is 18.9 Å². The van der Waals surface area contributed by atoms with Crippen LogP contribution >= 0.6 is 11.6 Å². The van der Waals surface area contributed by atoms with Gasteiger partial charge in [-0.3, -0.25) is 0 Å². The van der Waals surface area contributed by atoms with E-state index in [1.165, 1.54) is 25.7 Å². The molecule has 7 heteroatoms. The summed E-state index contributed by atoms with van der Waals surface area (Å²) in [5.41, 5.74) is 0.503. The predicted molar refractivity (Wildman–Crippen MR) is 128 cm³/mol. The molecule has 190 valence electrons. The minimum absolute atomic E-state index is 0.101. The second-order valence-corrected chi connectivity index (χ2v) is 12.1. The van der Waals surface area contributed by atoms with Gasteiger partial charge in [-0.05, 0) is 91.8 Å². The minimum Gasteiger partial charge on any atom is -0.410 e. The van der Waals surface area contributed by atoms with Crippen molar-refractivity contribution >= 4 is 16.8 Å². The summed E-state index contributed by atoms with van der Waals surface area (Å²) in [7, 11) is 3.40. The van der Waals surface area contributed by atoms with Crippen molar-refractivity contribution in [2.75, 3.05) is 27.8 Å². The van der Waals surface area contributed by atoms with E-state index in [9.17, 15) is 5.21 Å². The monoisotopic (exact) mass is 485 g/mol. The normalized spacial score (nSPS) is 46.4. The van der Waals surface area contributed by atoms with Crippen molar-refractivity contribution in [3.05, 3.63) is 0 Å². The number of methoxy groups -OCH3 is 2. The Morgan fingerprint density at radius 2 is 1.61 bits per heavy atom. The Morgan fingerprint density at radius 1 is 0.939 bits per heavy atom. The van der Waals surface area contributed by atoms with Crippen LogP contribution < -0.4 is 0 Å². The molecular formula is C26H44ClNO5. The maximum Gasteiger partial charge on any atom is 0.148 e. The first-order valence-corrected chi connectivity index (χ1v) is 13.3. The maximum atomic E-state index is 9.30. The minimum atomic E-state index is 0.101. The van der Waals surface area contributed by atoms with E-state index in [-0.39, 0.29) is 29.0 Å². The Morgan fingerprint density at radius 3 is 2.30 bits per heavy atom. The lowest BCUT2D eigenvalue weighted by atomic mass is 9.43. The smallest absolute Gasteiger partial charge is 0.148 e. The summed E-state index contributed by atoms with van der Waals surface area (Å²) in [6.07, 6.45) is 9.78. The quantitative estimate of drug-likeness (QED) is 0.201. The second-order valence-electron chi connectivity index (χ2n) is 11.7. The Hall–Kier alpha value is -0.400. The van der Waals surface area contributed by atoms with Gasteiger partial charge in [-0.2, -0.15) is 0 Å². The van der Waals surface area contributed by atoms with E-state index in [1.807, 2.05) is 0 Å². The lowest BCUT2D eigenvalue weighted by Gasteiger charge is -2.63. The first kappa shape index (κ1) is 25.7. The third kappa shape index (κ3) is 4.48. The maximum absolute atomic E-state index is 9.30. The number of nitrogens with zero attached hydrogens (tertiary/aromatic N) is 1. The molecule has 10 atom stereocenters. The first-order chi connectivity index (χ1) is 15.8. The average Bonchev–Trinajstić information content (AvgIpc) is 3.17. The molecule has 4 saturated carbocycles. The van der Waals surface area contributed by atoms with Crippen LogP contribution in [-0.4, -0.2) is 50.4 Å². The largest absolute Gasteiger partial charge is 0.410 e. The predicted octanol–water partition coefficient (Wildman–Crippen LogP) is 5.90. The first-order valence-electron chi connectivity index (χ1n) is 12.9. The van der Waals surface area contributed by atoms with Crippen molar-refractivity contribution in [2.24, 2.45) is 51.5 Å². The molecular weight excluding hydrogens is 442 g/mol. The Bertz CT molecular complexity index is 706. The highest BCUT2D eigenvalue weighted by Crippen LogP contribution is 2.68. The fourth-order valence-electron chi connectivity index (χ4n) is 9.01. The third-order valence-corrected chi connectivity index (χ3v) is 11.0. The standard InChI is InChI=1S/C26H44ClNO5/c1-16(24(27)28-29)19-6-7-20-18-13-23(33-15-31-5)22-12-17(32-14-30-4)8-10-26(22,3)21(18)9-11-25(19,20)2/h16-23,29H,6-15H2,1-5H3/b28-24-/t16-,17+,18-,19+,20-,21-,22-,23-,25+,26+/m0/s1. The van der Waals surface area contributed by atoms with E-state index in [4.69, 9.17) is 30.5 Å². The van der Waals surface area contributed by atoms with Gasteiger partial charge < -0.3 is 24.2 Å². The molecule has 0 aromatic carbocycles. The fraction of sp³-hybridized carbons (Fsp3) is 0.962. The van der Waals surface area contributed by atoms with Crippen molar-refractivity contribution in [3.63, 3.8) is 0 Å². The topological polar surface area (TPSA) is 69.5 Å². The number of ether oxygens (including phenoxy) is 4. The lowest BCUT2D eigenvalue weighted by molar-refractivity contribution is -0.213. The van der Waals surface area contributed by atoms with Crippen molar-refractivity contribution in [1.82, 2.24) is 0 Å². The highest BCUT2D eigenvalue weighted by molar-refractivity contribution is 6.65. The van der Waals surface area contributed by atoms with Gasteiger partial charge in [0, 0.05) is 20.1 Å². The third-order valence-electron chi connectivity index (χ3n) is 10.6. The molecule has 4 aliphatic rings. The molecule has 0 aromatic heterocycles. The molecule has 4 aliphatic carbocycles. The molecule has 33 heavy (non-hydrogen) atoms. The number of halogens is 1. The molecule has 0 aliphatic heterocycles. The number of hydrogen-bond donors (Lipinski definition) is 1. The van der Waals surface area contributed by atoms with E-state index < -0.39 is 0 Å². The number of rotatable bonds is 8. The van der Waals surface area contributed by atoms with Crippen molar-refractivity contribution in [2.45, 2.75) is 84.3 Å². The molecule has 0 heterocycles. The van der Waals surface area contributed by atoms with Crippen molar-refractivity contribution in [3.8, 4) is 0 Å². The summed E-state index contributed by atoms with van der Waals surface area (Å²) >= 11 is 6.32. The van der Waals surface area contributed by atoms with Gasteiger partial charge in [0.15, 0.2) is 0 Å². The average molecular weight is 486 g/mol. The summed E-state index contributed by atoms with van der Waals surface area (Å²) in [4.78, 5) is 0. The molecule has 0 aromatic rings. The van der Waals surface area contributed by atoms with Crippen LogP contribution in [0.1, 0.15) is 72.1 Å². The SMILES string of the molecule is COCO[C@@H]1CC[C@]2(C)[C@H]3CC[C@]4(C)[C@@H]([C@H](C)/C(Cl)=N/O)CC[C@H]4[C@@H]3C[C@H](OCOC)[C@@H]2C1. The number of hydrogen-bond acceptors (Lipinski definition) is 6. The highest BCUT2D eigenvalue weighted by Gasteiger charge is 2.63. The molecule has 0 unspecified atom stereocenters. The van der Waals surface area contributed by atoms with Gasteiger partial charge in [0.2, 0.25) is 0 Å². The zero-order valence-electron chi connectivity index (χ0n) is 21.1. The van der Waals surface area contributed by atoms with Crippen LogP contribution in [0.15, 0.2) is 5.16 Å². The van der Waals surface area contributed by atoms with E-state index in [1.54, 1.807) is 14.2 Å². The highest BCUT2D eigenvalue weighted by atomic mass is 35.5. The van der Waals surface area contributed by atoms with Gasteiger partial charge in [-0.15, -0.1) is 0 Å². The van der Waals surface area contributed by atoms with Gasteiger partial charge in [-0.25, -0.2) is 0 Å². The van der Waals surface area contributed by atoms with Crippen LogP contribution in [0.5, 0.6) is 0 Å². The summed E-state index contributed by atoms with van der Waals surface area (Å²) < 4.78 is 23.0. The summed E-state index contributed by atoms with van der Waals surface area (Å²) in [5, 5.41) is 13.0. The zero-order chi connectivity index (χ0) is 23.8. The molecule has 0 spiro atoms. The molecule has 0 saturated heterocycles. The fourth-order valence-corrected chi connectivity index (χ4v) is 9.16. The Kier molecular flexibility index (Phi) is 8.02. The second kappa shape index (κ2) is 10.3. The van der Waals surface area contributed by atoms with Gasteiger partial charge >= 0.3 is 0 Å². The van der Waals surface area contributed by atoms with Crippen molar-refractivity contribution in [1.29, 1.82) is 0 Å². The molecule has 0 radical (unpaired) electrons. The van der Waals surface area contributed by atoms with Crippen LogP contribution in [0, 0.1) is 46.3 Å². The van der Waals surface area contributed by atoms with Crippen LogP contribution in [0.3, 0.4) is 0 Å². The van der Waals surface area contributed by atoms with E-state index >= 15 is 0 Å². The van der Waals surface area contributed by atoms with E-state index in [0.29, 0.717) is 42.4 Å². The molecule has 6 nitrogen and oxygen atoms in total. The number of oxime groups is 1.